The molecule has 4 nitrogen and oxygen atoms in total. The maximum Gasteiger partial charge on any atom is 0.173 e. The molecule has 0 aromatic heterocycles. The van der Waals surface area contributed by atoms with Crippen LogP contribution in [0.15, 0.2) is 54.6 Å². The monoisotopic (exact) mass is 384 g/mol. The number of hydrogen-bond donors (Lipinski definition) is 2. The van der Waals surface area contributed by atoms with Gasteiger partial charge in [-0.05, 0) is 42.4 Å². The van der Waals surface area contributed by atoms with Crippen LogP contribution in [-0.4, -0.2) is 44.5 Å². The van der Waals surface area contributed by atoms with Crippen molar-refractivity contribution in [1.29, 1.82) is 0 Å². The lowest BCUT2D eigenvalue weighted by Crippen LogP contribution is -3.14. The minimum atomic E-state index is 0.769. The molecule has 2 N–H and O–H groups in total. The fourth-order valence-electron chi connectivity index (χ4n) is 3.38. The molecule has 1 aliphatic rings. The number of quaternary nitrogens is 1. The first-order valence-corrected chi connectivity index (χ1v) is 10.2. The standard InChI is InChI=1S/C22H29N3OS/c1-19-7-5-10-21(17-19)25(18-20-8-3-2-4-9-20)22(27)23-11-6-12-24-13-15-26-16-14-24/h2-5,7-10,17H,6,11-16,18H2,1H3,(H,23,27)/p+1. The molecule has 3 rings (SSSR count). The molecular formula is C22H30N3OS+. The lowest BCUT2D eigenvalue weighted by molar-refractivity contribution is -0.908. The number of morpholine rings is 1. The summed E-state index contributed by atoms with van der Waals surface area (Å²) >= 11 is 5.76. The zero-order valence-corrected chi connectivity index (χ0v) is 16.9. The van der Waals surface area contributed by atoms with Crippen LogP contribution in [0, 0.1) is 6.92 Å². The average molecular weight is 385 g/mol. The highest BCUT2D eigenvalue weighted by Crippen LogP contribution is 2.19. The van der Waals surface area contributed by atoms with E-state index in [1.807, 2.05) is 6.07 Å². The first-order chi connectivity index (χ1) is 13.2. The molecule has 0 atom stereocenters. The Balaban J connectivity index is 1.58. The van der Waals surface area contributed by atoms with E-state index in [1.54, 1.807) is 4.90 Å². The Morgan fingerprint density at radius 2 is 1.89 bits per heavy atom. The highest BCUT2D eigenvalue weighted by Gasteiger charge is 2.15. The number of aryl methyl sites for hydroxylation is 1. The van der Waals surface area contributed by atoms with Crippen LogP contribution in [0.3, 0.4) is 0 Å². The number of hydrogen-bond acceptors (Lipinski definition) is 2. The summed E-state index contributed by atoms with van der Waals surface area (Å²) in [6, 6.07) is 19.0. The lowest BCUT2D eigenvalue weighted by Gasteiger charge is -2.27. The summed E-state index contributed by atoms with van der Waals surface area (Å²) in [5.74, 6) is 0. The van der Waals surface area contributed by atoms with E-state index in [-0.39, 0.29) is 0 Å². The van der Waals surface area contributed by atoms with Crippen molar-refractivity contribution in [2.24, 2.45) is 0 Å². The van der Waals surface area contributed by atoms with Crippen LogP contribution in [0.1, 0.15) is 17.5 Å². The van der Waals surface area contributed by atoms with Gasteiger partial charge in [0.05, 0.1) is 26.3 Å². The number of rotatable bonds is 7. The maximum atomic E-state index is 5.76. The van der Waals surface area contributed by atoms with Gasteiger partial charge in [0.15, 0.2) is 5.11 Å². The third-order valence-corrected chi connectivity index (χ3v) is 5.29. The second-order valence-corrected chi connectivity index (χ2v) is 7.50. The molecule has 1 heterocycles. The van der Waals surface area contributed by atoms with Crippen molar-refractivity contribution in [3.05, 3.63) is 65.7 Å². The largest absolute Gasteiger partial charge is 0.370 e. The Morgan fingerprint density at radius 3 is 2.63 bits per heavy atom. The van der Waals surface area contributed by atoms with Crippen molar-refractivity contribution in [3.8, 4) is 0 Å². The summed E-state index contributed by atoms with van der Waals surface area (Å²) in [5.41, 5.74) is 3.63. The zero-order valence-electron chi connectivity index (χ0n) is 16.1. The molecule has 1 saturated heterocycles. The molecule has 0 saturated carbocycles. The van der Waals surface area contributed by atoms with E-state index in [1.165, 1.54) is 17.7 Å². The molecule has 144 valence electrons. The zero-order chi connectivity index (χ0) is 18.9. The Morgan fingerprint density at radius 1 is 1.11 bits per heavy atom. The Labute approximate surface area is 168 Å². The van der Waals surface area contributed by atoms with Crippen LogP contribution < -0.4 is 15.1 Å². The van der Waals surface area contributed by atoms with Crippen LogP contribution in [0.25, 0.3) is 0 Å². The first-order valence-electron chi connectivity index (χ1n) is 9.79. The number of ether oxygens (including phenoxy) is 1. The third kappa shape index (κ3) is 6.31. The molecule has 27 heavy (non-hydrogen) atoms. The maximum absolute atomic E-state index is 5.76. The number of thiocarbonyl (C=S) groups is 1. The van der Waals surface area contributed by atoms with Crippen LogP contribution in [-0.2, 0) is 11.3 Å². The third-order valence-electron chi connectivity index (χ3n) is 4.93. The molecule has 1 fully saturated rings. The lowest BCUT2D eigenvalue weighted by atomic mass is 10.1. The van der Waals surface area contributed by atoms with Crippen molar-refractivity contribution in [2.45, 2.75) is 19.9 Å². The van der Waals surface area contributed by atoms with Crippen molar-refractivity contribution >= 4 is 23.0 Å². The van der Waals surface area contributed by atoms with E-state index in [4.69, 9.17) is 17.0 Å². The molecule has 5 heteroatoms. The molecule has 0 aliphatic carbocycles. The summed E-state index contributed by atoms with van der Waals surface area (Å²) in [6.07, 6.45) is 1.11. The fraction of sp³-hybridized carbons (Fsp3) is 0.409. The SMILES string of the molecule is Cc1cccc(N(Cc2ccccc2)C(=S)NCCC[NH+]2CCOCC2)c1. The van der Waals surface area contributed by atoms with Gasteiger partial charge in [0, 0.05) is 18.7 Å². The Bertz CT molecular complexity index is 717. The Hall–Kier alpha value is -1.95. The quantitative estimate of drug-likeness (QED) is 0.566. The van der Waals surface area contributed by atoms with Gasteiger partial charge >= 0.3 is 0 Å². The van der Waals surface area contributed by atoms with Crippen LogP contribution >= 0.6 is 12.2 Å². The van der Waals surface area contributed by atoms with Crippen LogP contribution in [0.5, 0.6) is 0 Å². The van der Waals surface area contributed by atoms with Crippen molar-refractivity contribution in [2.75, 3.05) is 44.3 Å². The average Bonchev–Trinajstić information content (AvgIpc) is 2.71. The number of nitrogens with zero attached hydrogens (tertiary/aromatic N) is 1. The van der Waals surface area contributed by atoms with E-state index >= 15 is 0 Å². The molecular weight excluding hydrogens is 354 g/mol. The summed E-state index contributed by atoms with van der Waals surface area (Å²) in [6.45, 7) is 8.97. The second-order valence-electron chi connectivity index (χ2n) is 7.11. The van der Waals surface area contributed by atoms with Gasteiger partial charge in [0.1, 0.15) is 13.1 Å². The second kappa shape index (κ2) is 10.4. The normalized spacial score (nSPS) is 14.7. The highest BCUT2D eigenvalue weighted by atomic mass is 32.1. The number of benzene rings is 2. The molecule has 2 aromatic carbocycles. The summed E-state index contributed by atoms with van der Waals surface area (Å²) < 4.78 is 5.43. The molecule has 0 unspecified atom stereocenters. The Kier molecular flexibility index (Phi) is 7.63. The van der Waals surface area contributed by atoms with Gasteiger partial charge in [-0.2, -0.15) is 0 Å². The van der Waals surface area contributed by atoms with Crippen molar-refractivity contribution in [3.63, 3.8) is 0 Å². The number of nitrogens with one attached hydrogen (secondary N) is 2. The van der Waals surface area contributed by atoms with Gasteiger partial charge in [-0.3, -0.25) is 0 Å². The van der Waals surface area contributed by atoms with Crippen LogP contribution in [0.4, 0.5) is 5.69 Å². The van der Waals surface area contributed by atoms with Crippen molar-refractivity contribution < 1.29 is 9.64 Å². The molecule has 1 aliphatic heterocycles. The van der Waals surface area contributed by atoms with E-state index in [0.29, 0.717) is 0 Å². The van der Waals surface area contributed by atoms with E-state index in [9.17, 15) is 0 Å². The van der Waals surface area contributed by atoms with E-state index in [2.05, 4.69) is 65.7 Å². The fourth-order valence-corrected chi connectivity index (χ4v) is 3.65. The minimum Gasteiger partial charge on any atom is -0.370 e. The van der Waals surface area contributed by atoms with Crippen molar-refractivity contribution in [1.82, 2.24) is 5.32 Å². The number of anilines is 1. The molecule has 0 bridgehead atoms. The molecule has 0 radical (unpaired) electrons. The van der Waals surface area contributed by atoms with Gasteiger partial charge in [0.2, 0.25) is 0 Å². The van der Waals surface area contributed by atoms with E-state index in [0.717, 1.165) is 56.6 Å². The van der Waals surface area contributed by atoms with Gasteiger partial charge in [-0.1, -0.05) is 42.5 Å². The summed E-state index contributed by atoms with van der Waals surface area (Å²) in [4.78, 5) is 3.83. The van der Waals surface area contributed by atoms with Gasteiger partial charge in [-0.15, -0.1) is 0 Å². The molecule has 0 amide bonds. The predicted octanol–water partition coefficient (Wildman–Crippen LogP) is 2.18. The smallest absolute Gasteiger partial charge is 0.173 e. The van der Waals surface area contributed by atoms with Crippen LogP contribution in [0.2, 0.25) is 0 Å². The summed E-state index contributed by atoms with van der Waals surface area (Å²) in [7, 11) is 0. The van der Waals surface area contributed by atoms with Gasteiger partial charge < -0.3 is 19.9 Å². The highest BCUT2D eigenvalue weighted by molar-refractivity contribution is 7.80. The van der Waals surface area contributed by atoms with Gasteiger partial charge in [0.25, 0.3) is 0 Å². The topological polar surface area (TPSA) is 28.9 Å². The molecule has 0 spiro atoms. The predicted molar refractivity (Wildman–Crippen MR) is 115 cm³/mol. The first kappa shape index (κ1) is 19.8. The molecule has 2 aromatic rings. The minimum absolute atomic E-state index is 0.769. The van der Waals surface area contributed by atoms with E-state index < -0.39 is 0 Å². The summed E-state index contributed by atoms with van der Waals surface area (Å²) in [5, 5.41) is 4.27. The van der Waals surface area contributed by atoms with Gasteiger partial charge in [-0.25, -0.2) is 0 Å².